The molecule has 0 saturated carbocycles. The largest absolute Gasteiger partial charge is 0.508 e. The van der Waals surface area contributed by atoms with E-state index in [-0.39, 0.29) is 36.1 Å². The summed E-state index contributed by atoms with van der Waals surface area (Å²) in [4.78, 5) is 24.9. The summed E-state index contributed by atoms with van der Waals surface area (Å²) in [6.45, 7) is 7.14. The van der Waals surface area contributed by atoms with E-state index >= 15 is 0 Å². The maximum Gasteiger partial charge on any atom is 0.416 e. The van der Waals surface area contributed by atoms with Gasteiger partial charge in [-0.1, -0.05) is 12.1 Å². The second kappa shape index (κ2) is 11.6. The zero-order chi connectivity index (χ0) is 28.1. The van der Waals surface area contributed by atoms with Gasteiger partial charge in [-0.2, -0.15) is 13.2 Å². The molecule has 6 nitrogen and oxygen atoms in total. The van der Waals surface area contributed by atoms with Gasteiger partial charge in [0, 0.05) is 23.2 Å². The molecule has 0 aliphatic carbocycles. The van der Waals surface area contributed by atoms with Gasteiger partial charge in [-0.15, -0.1) is 0 Å². The highest BCUT2D eigenvalue weighted by atomic mass is 19.4. The number of carbonyl (C=O) groups is 2. The number of rotatable bonds is 8. The SMILES string of the molecule is Cc1cc(NC(=O)c2ccc(-c3ccc(C(F)(F)F)cc3)c(OCCCC(=O)OC(C)(C)C)c2)ccc1O. The Morgan fingerprint density at radius 3 is 2.24 bits per heavy atom. The van der Waals surface area contributed by atoms with Gasteiger partial charge < -0.3 is 19.9 Å². The van der Waals surface area contributed by atoms with Gasteiger partial charge in [0.25, 0.3) is 5.91 Å². The van der Waals surface area contributed by atoms with Crippen LogP contribution in [0.5, 0.6) is 11.5 Å². The van der Waals surface area contributed by atoms with Gasteiger partial charge in [0.1, 0.15) is 17.1 Å². The van der Waals surface area contributed by atoms with Crippen LogP contribution < -0.4 is 10.1 Å². The Labute approximate surface area is 219 Å². The van der Waals surface area contributed by atoms with Crippen molar-refractivity contribution in [3.05, 3.63) is 77.4 Å². The Morgan fingerprint density at radius 2 is 1.63 bits per heavy atom. The lowest BCUT2D eigenvalue weighted by Gasteiger charge is -2.19. The van der Waals surface area contributed by atoms with E-state index in [1.807, 2.05) is 0 Å². The van der Waals surface area contributed by atoms with Gasteiger partial charge in [-0.05, 0) is 93.8 Å². The predicted molar refractivity (Wildman–Crippen MR) is 138 cm³/mol. The van der Waals surface area contributed by atoms with Crippen LogP contribution in [0.15, 0.2) is 60.7 Å². The molecule has 202 valence electrons. The number of halogens is 3. The monoisotopic (exact) mass is 529 g/mol. The van der Waals surface area contributed by atoms with Crippen molar-refractivity contribution in [3.8, 4) is 22.6 Å². The fraction of sp³-hybridized carbons (Fsp3) is 0.310. The highest BCUT2D eigenvalue weighted by Crippen LogP contribution is 2.35. The lowest BCUT2D eigenvalue weighted by atomic mass is 10.0. The molecule has 3 aromatic carbocycles. The number of phenols is 1. The van der Waals surface area contributed by atoms with Crippen LogP contribution in [0.1, 0.15) is 55.1 Å². The molecule has 0 aliphatic heterocycles. The molecule has 9 heteroatoms. The van der Waals surface area contributed by atoms with E-state index in [2.05, 4.69) is 5.32 Å². The molecule has 0 aliphatic rings. The Kier molecular flexibility index (Phi) is 8.70. The predicted octanol–water partition coefficient (Wildman–Crippen LogP) is 7.14. The first-order valence-electron chi connectivity index (χ1n) is 12.0. The fourth-order valence-electron chi connectivity index (χ4n) is 3.59. The molecule has 0 fully saturated rings. The van der Waals surface area contributed by atoms with Gasteiger partial charge in [0.05, 0.1) is 12.2 Å². The van der Waals surface area contributed by atoms with Crippen LogP contribution in [0, 0.1) is 6.92 Å². The number of ether oxygens (including phenoxy) is 2. The number of esters is 1. The van der Waals surface area contributed by atoms with Crippen molar-refractivity contribution in [1.82, 2.24) is 0 Å². The minimum atomic E-state index is -4.46. The number of aromatic hydroxyl groups is 1. The lowest BCUT2D eigenvalue weighted by molar-refractivity contribution is -0.155. The molecule has 0 bridgehead atoms. The lowest BCUT2D eigenvalue weighted by Crippen LogP contribution is -2.24. The van der Waals surface area contributed by atoms with Crippen molar-refractivity contribution in [2.75, 3.05) is 11.9 Å². The van der Waals surface area contributed by atoms with Crippen LogP contribution in [0.3, 0.4) is 0 Å². The second-order valence-corrected chi connectivity index (χ2v) is 9.78. The molecule has 1 amide bonds. The van der Waals surface area contributed by atoms with Gasteiger partial charge >= 0.3 is 12.1 Å². The van der Waals surface area contributed by atoms with Crippen molar-refractivity contribution < 1.29 is 37.3 Å². The summed E-state index contributed by atoms with van der Waals surface area (Å²) < 4.78 is 50.3. The van der Waals surface area contributed by atoms with Crippen LogP contribution in [0.4, 0.5) is 18.9 Å². The number of hydrogen-bond acceptors (Lipinski definition) is 5. The molecule has 0 atom stereocenters. The summed E-state index contributed by atoms with van der Waals surface area (Å²) >= 11 is 0. The number of benzene rings is 3. The summed E-state index contributed by atoms with van der Waals surface area (Å²) in [5.74, 6) is -0.427. The summed E-state index contributed by atoms with van der Waals surface area (Å²) in [5, 5.41) is 12.5. The average molecular weight is 530 g/mol. The van der Waals surface area contributed by atoms with Crippen molar-refractivity contribution >= 4 is 17.6 Å². The number of aryl methyl sites for hydroxylation is 1. The summed E-state index contributed by atoms with van der Waals surface area (Å²) in [6, 6.07) is 13.9. The molecule has 38 heavy (non-hydrogen) atoms. The zero-order valence-electron chi connectivity index (χ0n) is 21.6. The van der Waals surface area contributed by atoms with Gasteiger partial charge in [0.2, 0.25) is 0 Å². The minimum Gasteiger partial charge on any atom is -0.508 e. The van der Waals surface area contributed by atoms with E-state index in [0.717, 1.165) is 12.1 Å². The molecular weight excluding hydrogens is 499 g/mol. The maximum absolute atomic E-state index is 13.0. The average Bonchev–Trinajstić information content (AvgIpc) is 2.82. The van der Waals surface area contributed by atoms with E-state index in [1.165, 1.54) is 24.3 Å². The summed E-state index contributed by atoms with van der Waals surface area (Å²) in [7, 11) is 0. The number of phenolic OH excluding ortho intramolecular Hbond substituents is 1. The molecule has 0 saturated heterocycles. The number of nitrogens with one attached hydrogen (secondary N) is 1. The first-order valence-corrected chi connectivity index (χ1v) is 12.0. The van der Waals surface area contributed by atoms with Crippen LogP contribution in [-0.4, -0.2) is 29.2 Å². The first-order chi connectivity index (χ1) is 17.7. The fourth-order valence-corrected chi connectivity index (χ4v) is 3.59. The Hall–Kier alpha value is -4.01. The van der Waals surface area contributed by atoms with E-state index in [9.17, 15) is 27.9 Å². The molecule has 3 aromatic rings. The third kappa shape index (κ3) is 7.99. The topological polar surface area (TPSA) is 84.9 Å². The first kappa shape index (κ1) is 28.6. The van der Waals surface area contributed by atoms with Crippen LogP contribution in [0.2, 0.25) is 0 Å². The molecule has 3 rings (SSSR count). The third-order valence-electron chi connectivity index (χ3n) is 5.42. The smallest absolute Gasteiger partial charge is 0.416 e. The Morgan fingerprint density at radius 1 is 0.947 bits per heavy atom. The molecule has 0 aromatic heterocycles. The number of amides is 1. The summed E-state index contributed by atoms with van der Waals surface area (Å²) in [6.07, 6.45) is -4.01. The number of anilines is 1. The molecule has 0 radical (unpaired) electrons. The van der Waals surface area contributed by atoms with E-state index in [0.29, 0.717) is 28.8 Å². The Balaban J connectivity index is 1.82. The van der Waals surface area contributed by atoms with Crippen LogP contribution >= 0.6 is 0 Å². The summed E-state index contributed by atoms with van der Waals surface area (Å²) in [5.41, 5.74) is 0.918. The van der Waals surface area contributed by atoms with Crippen molar-refractivity contribution in [2.45, 2.75) is 52.3 Å². The van der Waals surface area contributed by atoms with E-state index in [1.54, 1.807) is 52.0 Å². The highest BCUT2D eigenvalue weighted by molar-refractivity contribution is 6.05. The van der Waals surface area contributed by atoms with Gasteiger partial charge in [0.15, 0.2) is 0 Å². The van der Waals surface area contributed by atoms with E-state index < -0.39 is 23.2 Å². The normalized spacial score (nSPS) is 11.7. The van der Waals surface area contributed by atoms with Crippen molar-refractivity contribution in [2.24, 2.45) is 0 Å². The number of carbonyl (C=O) groups excluding carboxylic acids is 2. The quantitative estimate of drug-likeness (QED) is 0.184. The minimum absolute atomic E-state index is 0.103. The van der Waals surface area contributed by atoms with Crippen molar-refractivity contribution in [3.63, 3.8) is 0 Å². The van der Waals surface area contributed by atoms with Crippen LogP contribution in [0.25, 0.3) is 11.1 Å². The van der Waals surface area contributed by atoms with Gasteiger partial charge in [-0.3, -0.25) is 9.59 Å². The maximum atomic E-state index is 13.0. The van der Waals surface area contributed by atoms with E-state index in [4.69, 9.17) is 9.47 Å². The molecule has 0 spiro atoms. The molecular formula is C29H30F3NO5. The second-order valence-electron chi connectivity index (χ2n) is 9.78. The highest BCUT2D eigenvalue weighted by Gasteiger charge is 2.30. The zero-order valence-corrected chi connectivity index (χ0v) is 21.6. The molecule has 2 N–H and O–H groups in total. The third-order valence-corrected chi connectivity index (χ3v) is 5.42. The Bertz CT molecular complexity index is 1300. The van der Waals surface area contributed by atoms with Gasteiger partial charge in [-0.25, -0.2) is 0 Å². The number of hydrogen-bond donors (Lipinski definition) is 2. The standard InChI is InChI=1S/C29H30F3NO5/c1-18-16-22(12-14-24(18)34)33-27(36)20-9-13-23(19-7-10-21(11-8-19)29(30,31)32)25(17-20)37-15-5-6-26(35)38-28(2,3)4/h7-14,16-17,34H,5-6,15H2,1-4H3,(H,33,36). The van der Waals surface area contributed by atoms with Crippen molar-refractivity contribution in [1.29, 1.82) is 0 Å². The number of alkyl halides is 3. The molecule has 0 unspecified atom stereocenters. The van der Waals surface area contributed by atoms with Crippen LogP contribution in [-0.2, 0) is 15.7 Å². The molecule has 0 heterocycles.